The van der Waals surface area contributed by atoms with Crippen LogP contribution in [0.4, 0.5) is 16.2 Å². The Labute approximate surface area is 108 Å². The lowest BCUT2D eigenvalue weighted by Gasteiger charge is -2.16. The summed E-state index contributed by atoms with van der Waals surface area (Å²) in [6.07, 6.45) is -0.772. The monoisotopic (exact) mass is 267 g/mol. The first kappa shape index (κ1) is 12.1. The molecule has 2 aromatic rings. The van der Waals surface area contributed by atoms with Crippen molar-refractivity contribution in [1.29, 1.82) is 0 Å². The highest BCUT2D eigenvalue weighted by Crippen LogP contribution is 2.34. The van der Waals surface area contributed by atoms with Crippen LogP contribution >= 0.6 is 0 Å². The van der Waals surface area contributed by atoms with E-state index in [4.69, 9.17) is 21.3 Å². The fourth-order valence-electron chi connectivity index (χ4n) is 2.34. The Balaban J connectivity index is 2.06. The lowest BCUT2D eigenvalue weighted by atomic mass is 10.2. The Kier molecular flexibility index (Phi) is 2.76. The van der Waals surface area contributed by atoms with Gasteiger partial charge in [0.2, 0.25) is 5.95 Å². The zero-order valence-corrected chi connectivity index (χ0v) is 10.0. The van der Waals surface area contributed by atoms with Crippen molar-refractivity contribution < 1.29 is 14.2 Å². The number of ether oxygens (including phenoxy) is 1. The number of nitrogen functional groups attached to an aromatic ring is 2. The lowest BCUT2D eigenvalue weighted by molar-refractivity contribution is -0.0348. The summed E-state index contributed by atoms with van der Waals surface area (Å²) in [7, 11) is 0. The summed E-state index contributed by atoms with van der Waals surface area (Å²) in [6.45, 7) is -0.213. The maximum Gasteiger partial charge on any atom is 0.223 e. The van der Waals surface area contributed by atoms with E-state index in [1.54, 1.807) is 12.3 Å². The molecule has 0 amide bonds. The minimum atomic E-state index is -1.22. The minimum absolute atomic E-state index is 0.0251. The van der Waals surface area contributed by atoms with E-state index in [1.807, 2.05) is 0 Å². The van der Waals surface area contributed by atoms with Crippen LogP contribution in [0.25, 0.3) is 11.0 Å². The first-order valence-electron chi connectivity index (χ1n) is 5.90. The van der Waals surface area contributed by atoms with Crippen molar-refractivity contribution in [2.24, 2.45) is 0 Å². The maximum atomic E-state index is 14.0. The number of aromatic nitrogens is 3. The number of halogens is 1. The van der Waals surface area contributed by atoms with Crippen molar-refractivity contribution in [2.45, 2.75) is 24.9 Å². The minimum Gasteiger partial charge on any atom is -0.394 e. The Morgan fingerprint density at radius 2 is 2.26 bits per heavy atom. The number of alkyl halides is 1. The third-order valence-corrected chi connectivity index (χ3v) is 3.23. The quantitative estimate of drug-likeness (QED) is 0.717. The summed E-state index contributed by atoms with van der Waals surface area (Å²) in [5.41, 5.74) is 11.7. The normalized spacial score (nSPS) is 27.2. The van der Waals surface area contributed by atoms with E-state index in [-0.39, 0.29) is 24.8 Å². The number of nitrogens with two attached hydrogens (primary N) is 2. The number of nitrogens with zero attached hydrogens (tertiary/aromatic N) is 3. The van der Waals surface area contributed by atoms with Crippen molar-refractivity contribution in [1.82, 2.24) is 14.5 Å². The van der Waals surface area contributed by atoms with Crippen LogP contribution in [0.15, 0.2) is 12.3 Å². The molecule has 7 nitrogen and oxygen atoms in total. The van der Waals surface area contributed by atoms with Crippen LogP contribution in [0.2, 0.25) is 0 Å². The van der Waals surface area contributed by atoms with Crippen LogP contribution in [0.1, 0.15) is 12.6 Å². The van der Waals surface area contributed by atoms with Gasteiger partial charge in [0.1, 0.15) is 17.6 Å². The van der Waals surface area contributed by atoms with E-state index >= 15 is 0 Å². The van der Waals surface area contributed by atoms with Gasteiger partial charge in [-0.2, -0.15) is 9.97 Å². The van der Waals surface area contributed by atoms with Gasteiger partial charge in [0, 0.05) is 12.6 Å². The number of aliphatic hydroxyl groups is 1. The number of anilines is 2. The summed E-state index contributed by atoms with van der Waals surface area (Å²) >= 11 is 0. The molecule has 0 radical (unpaired) electrons. The van der Waals surface area contributed by atoms with Gasteiger partial charge in [-0.05, 0) is 6.07 Å². The number of aliphatic hydroxyl groups excluding tert-OH is 1. The molecule has 1 aliphatic rings. The van der Waals surface area contributed by atoms with Gasteiger partial charge in [-0.1, -0.05) is 0 Å². The molecule has 1 fully saturated rings. The molecule has 0 saturated carbocycles. The second kappa shape index (κ2) is 4.32. The second-order valence-corrected chi connectivity index (χ2v) is 4.51. The number of fused-ring (bicyclic) bond motifs is 1. The fraction of sp³-hybridized carbons (Fsp3) is 0.455. The second-order valence-electron chi connectivity index (χ2n) is 4.51. The Bertz CT molecular complexity index is 616. The fourth-order valence-corrected chi connectivity index (χ4v) is 2.34. The van der Waals surface area contributed by atoms with Crippen LogP contribution in [0.5, 0.6) is 0 Å². The van der Waals surface area contributed by atoms with Gasteiger partial charge >= 0.3 is 0 Å². The molecule has 0 unspecified atom stereocenters. The summed E-state index contributed by atoms with van der Waals surface area (Å²) < 4.78 is 20.9. The van der Waals surface area contributed by atoms with Crippen molar-refractivity contribution in [3.05, 3.63) is 12.3 Å². The van der Waals surface area contributed by atoms with E-state index < -0.39 is 18.5 Å². The lowest BCUT2D eigenvalue weighted by Crippen LogP contribution is -2.17. The van der Waals surface area contributed by atoms with Crippen molar-refractivity contribution >= 4 is 22.8 Å². The predicted molar refractivity (Wildman–Crippen MR) is 66.9 cm³/mol. The number of rotatable bonds is 2. The Morgan fingerprint density at radius 3 is 2.95 bits per heavy atom. The third kappa shape index (κ3) is 1.89. The first-order valence-corrected chi connectivity index (χ1v) is 5.90. The topological polar surface area (TPSA) is 112 Å². The molecule has 3 atom stereocenters. The Morgan fingerprint density at radius 1 is 1.47 bits per heavy atom. The maximum absolute atomic E-state index is 14.0. The highest BCUT2D eigenvalue weighted by Gasteiger charge is 2.37. The smallest absolute Gasteiger partial charge is 0.223 e. The van der Waals surface area contributed by atoms with Crippen molar-refractivity contribution in [3.63, 3.8) is 0 Å². The molecule has 1 saturated heterocycles. The van der Waals surface area contributed by atoms with E-state index in [9.17, 15) is 4.39 Å². The summed E-state index contributed by atoms with van der Waals surface area (Å²) in [5, 5.41) is 9.63. The molecule has 0 spiro atoms. The third-order valence-electron chi connectivity index (χ3n) is 3.23. The zero-order chi connectivity index (χ0) is 13.6. The summed E-state index contributed by atoms with van der Waals surface area (Å²) in [5.74, 6) is 0.269. The average molecular weight is 267 g/mol. The highest BCUT2D eigenvalue weighted by molar-refractivity contribution is 5.87. The molecular weight excluding hydrogens is 253 g/mol. The summed E-state index contributed by atoms with van der Waals surface area (Å²) in [6, 6.07) is 1.69. The SMILES string of the molecule is Nc1nc(N)c2ccn([C@@H]3O[C@H](CO)C[C@@H]3F)c2n1. The number of hydrogen-bond acceptors (Lipinski definition) is 6. The molecule has 0 aromatic carbocycles. The van der Waals surface area contributed by atoms with Crippen LogP contribution in [-0.2, 0) is 4.74 Å². The first-order chi connectivity index (χ1) is 9.10. The molecule has 0 aliphatic carbocycles. The Hall–Kier alpha value is -1.93. The molecule has 102 valence electrons. The molecule has 1 aliphatic heterocycles. The van der Waals surface area contributed by atoms with Crippen LogP contribution in [-0.4, -0.2) is 38.5 Å². The van der Waals surface area contributed by atoms with E-state index in [2.05, 4.69) is 9.97 Å². The van der Waals surface area contributed by atoms with Gasteiger partial charge in [-0.15, -0.1) is 0 Å². The van der Waals surface area contributed by atoms with Crippen molar-refractivity contribution in [2.75, 3.05) is 18.1 Å². The largest absolute Gasteiger partial charge is 0.394 e. The zero-order valence-electron chi connectivity index (χ0n) is 10.0. The van der Waals surface area contributed by atoms with Crippen LogP contribution in [0.3, 0.4) is 0 Å². The standard InChI is InChI=1S/C11H14FN5O2/c12-7-3-5(4-18)19-10(7)17-2-1-6-8(13)15-11(14)16-9(6)17/h1-2,5,7,10,18H,3-4H2,(H4,13,14,15,16)/t5-,7-,10+/m0/s1. The van der Waals surface area contributed by atoms with Crippen LogP contribution < -0.4 is 11.5 Å². The van der Waals surface area contributed by atoms with Gasteiger partial charge in [0.15, 0.2) is 6.23 Å². The number of hydrogen-bond donors (Lipinski definition) is 3. The van der Waals surface area contributed by atoms with Gasteiger partial charge in [-0.3, -0.25) is 0 Å². The molecule has 3 rings (SSSR count). The van der Waals surface area contributed by atoms with E-state index in [0.29, 0.717) is 11.0 Å². The van der Waals surface area contributed by atoms with Gasteiger partial charge in [-0.25, -0.2) is 4.39 Å². The van der Waals surface area contributed by atoms with Gasteiger partial charge in [0.25, 0.3) is 0 Å². The van der Waals surface area contributed by atoms with Crippen LogP contribution in [0, 0.1) is 0 Å². The molecule has 19 heavy (non-hydrogen) atoms. The molecule has 0 bridgehead atoms. The summed E-state index contributed by atoms with van der Waals surface area (Å²) in [4.78, 5) is 7.92. The molecule has 8 heteroatoms. The van der Waals surface area contributed by atoms with E-state index in [0.717, 1.165) is 0 Å². The highest BCUT2D eigenvalue weighted by atomic mass is 19.1. The van der Waals surface area contributed by atoms with Gasteiger partial charge in [0.05, 0.1) is 18.1 Å². The molecular formula is C11H14FN5O2. The molecule has 5 N–H and O–H groups in total. The van der Waals surface area contributed by atoms with E-state index in [1.165, 1.54) is 4.57 Å². The molecule has 2 aromatic heterocycles. The van der Waals surface area contributed by atoms with Gasteiger partial charge < -0.3 is 25.9 Å². The average Bonchev–Trinajstić information content (AvgIpc) is 2.92. The molecule has 3 heterocycles. The predicted octanol–water partition coefficient (Wildman–Crippen LogP) is 0.214. The van der Waals surface area contributed by atoms with Crippen molar-refractivity contribution in [3.8, 4) is 0 Å².